The Morgan fingerprint density at radius 3 is 2.46 bits per heavy atom. The highest BCUT2D eigenvalue weighted by atomic mass is 16.5. The van der Waals surface area contributed by atoms with E-state index in [4.69, 9.17) is 9.72 Å². The third-order valence-electron chi connectivity index (χ3n) is 5.23. The van der Waals surface area contributed by atoms with Gasteiger partial charge in [-0.15, -0.1) is 0 Å². The Morgan fingerprint density at radius 2 is 1.88 bits per heavy atom. The highest BCUT2D eigenvalue weighted by Crippen LogP contribution is 2.35. The number of rotatable bonds is 4. The van der Waals surface area contributed by atoms with Crippen molar-refractivity contribution in [3.05, 3.63) is 52.7 Å². The molecule has 0 unspecified atom stereocenters. The zero-order valence-corrected chi connectivity index (χ0v) is 16.2. The van der Waals surface area contributed by atoms with Crippen molar-refractivity contribution in [2.24, 2.45) is 0 Å². The van der Waals surface area contributed by atoms with E-state index in [1.165, 1.54) is 5.56 Å². The lowest BCUT2D eigenvalue weighted by Crippen LogP contribution is -2.34. The fourth-order valence-electron chi connectivity index (χ4n) is 3.85. The lowest BCUT2D eigenvalue weighted by Gasteiger charge is -2.25. The number of likely N-dealkylation sites (N-methyl/N-ethyl adjacent to an activating group) is 1. The summed E-state index contributed by atoms with van der Waals surface area (Å²) < 4.78 is 5.29. The van der Waals surface area contributed by atoms with Crippen LogP contribution in [0.2, 0.25) is 0 Å². The Balaban J connectivity index is 1.96. The van der Waals surface area contributed by atoms with Crippen molar-refractivity contribution in [3.8, 4) is 11.8 Å². The zero-order chi connectivity index (χ0) is 18.8. The number of aryl methyl sites for hydroxylation is 2. The first kappa shape index (κ1) is 18.2. The number of hydrogen-bond acceptors (Lipinski definition) is 5. The predicted molar refractivity (Wildman–Crippen MR) is 104 cm³/mol. The number of hydrogen-bond donors (Lipinski definition) is 0. The second-order valence-electron chi connectivity index (χ2n) is 7.21. The molecule has 1 aliphatic rings. The molecule has 0 aliphatic carbocycles. The largest absolute Gasteiger partial charge is 0.497 e. The molecule has 5 heteroatoms. The van der Waals surface area contributed by atoms with Crippen LogP contribution in [0.25, 0.3) is 0 Å². The van der Waals surface area contributed by atoms with Crippen molar-refractivity contribution in [2.45, 2.75) is 25.8 Å². The van der Waals surface area contributed by atoms with Crippen LogP contribution < -0.4 is 9.64 Å². The minimum atomic E-state index is 0.352. The summed E-state index contributed by atoms with van der Waals surface area (Å²) in [6, 6.07) is 13.0. The third-order valence-corrected chi connectivity index (χ3v) is 5.23. The van der Waals surface area contributed by atoms with Gasteiger partial charge in [0.1, 0.15) is 17.6 Å². The molecule has 0 saturated carbocycles. The number of nitriles is 1. The molecule has 1 aromatic heterocycles. The van der Waals surface area contributed by atoms with Crippen LogP contribution in [0.15, 0.2) is 30.3 Å². The van der Waals surface area contributed by atoms with E-state index in [9.17, 15) is 5.26 Å². The SMILES string of the molecule is COc1ccc([C@@H]2CN(c3nc(C)cc(C)c3C#N)C[C@H]2N(C)C)cc1. The minimum Gasteiger partial charge on any atom is -0.497 e. The van der Waals surface area contributed by atoms with Gasteiger partial charge in [0.05, 0.1) is 12.7 Å². The lowest BCUT2D eigenvalue weighted by molar-refractivity contribution is 0.292. The van der Waals surface area contributed by atoms with Crippen molar-refractivity contribution >= 4 is 5.82 Å². The van der Waals surface area contributed by atoms with Crippen LogP contribution in [-0.4, -0.2) is 50.2 Å². The molecule has 136 valence electrons. The maximum atomic E-state index is 9.63. The normalized spacial score (nSPS) is 19.7. The van der Waals surface area contributed by atoms with E-state index in [2.05, 4.69) is 42.1 Å². The molecule has 1 fully saturated rings. The fourth-order valence-corrected chi connectivity index (χ4v) is 3.85. The molecule has 5 nitrogen and oxygen atoms in total. The van der Waals surface area contributed by atoms with Crippen molar-refractivity contribution in [2.75, 3.05) is 39.2 Å². The molecule has 3 rings (SSSR count). The molecule has 2 atom stereocenters. The van der Waals surface area contributed by atoms with Crippen LogP contribution in [0.5, 0.6) is 5.75 Å². The van der Waals surface area contributed by atoms with E-state index in [1.54, 1.807) is 7.11 Å². The fraction of sp³-hybridized carbons (Fsp3) is 0.429. The van der Waals surface area contributed by atoms with Crippen LogP contribution in [0.4, 0.5) is 5.82 Å². The molecule has 1 aromatic carbocycles. The maximum absolute atomic E-state index is 9.63. The zero-order valence-electron chi connectivity index (χ0n) is 16.2. The third kappa shape index (κ3) is 3.38. The van der Waals surface area contributed by atoms with Gasteiger partial charge in [-0.05, 0) is 57.3 Å². The van der Waals surface area contributed by atoms with E-state index < -0.39 is 0 Å². The summed E-state index contributed by atoms with van der Waals surface area (Å²) in [4.78, 5) is 9.23. The van der Waals surface area contributed by atoms with Gasteiger partial charge in [0, 0.05) is 30.7 Å². The van der Waals surface area contributed by atoms with Gasteiger partial charge >= 0.3 is 0 Å². The first-order chi connectivity index (χ1) is 12.4. The Labute approximate surface area is 155 Å². The number of benzene rings is 1. The van der Waals surface area contributed by atoms with Crippen LogP contribution in [0.1, 0.15) is 28.3 Å². The van der Waals surface area contributed by atoms with Crippen LogP contribution in [0.3, 0.4) is 0 Å². The molecular weight excluding hydrogens is 324 g/mol. The van der Waals surface area contributed by atoms with Gasteiger partial charge < -0.3 is 14.5 Å². The number of nitrogens with zero attached hydrogens (tertiary/aromatic N) is 4. The first-order valence-corrected chi connectivity index (χ1v) is 8.88. The molecule has 26 heavy (non-hydrogen) atoms. The monoisotopic (exact) mass is 350 g/mol. The summed E-state index contributed by atoms with van der Waals surface area (Å²) >= 11 is 0. The number of aromatic nitrogens is 1. The summed E-state index contributed by atoms with van der Waals surface area (Å²) in [6.07, 6.45) is 0. The molecule has 2 aromatic rings. The van der Waals surface area contributed by atoms with Crippen LogP contribution >= 0.6 is 0 Å². The maximum Gasteiger partial charge on any atom is 0.147 e. The smallest absolute Gasteiger partial charge is 0.147 e. The second kappa shape index (κ2) is 7.35. The van der Waals surface area contributed by atoms with Gasteiger partial charge in [-0.25, -0.2) is 4.98 Å². The average molecular weight is 350 g/mol. The highest BCUT2D eigenvalue weighted by molar-refractivity contribution is 5.59. The first-order valence-electron chi connectivity index (χ1n) is 8.88. The van der Waals surface area contributed by atoms with E-state index >= 15 is 0 Å². The Hall–Kier alpha value is -2.58. The van der Waals surface area contributed by atoms with Gasteiger partial charge in [-0.3, -0.25) is 0 Å². The summed E-state index contributed by atoms with van der Waals surface area (Å²) in [5, 5.41) is 9.63. The molecule has 2 heterocycles. The van der Waals surface area contributed by atoms with E-state index in [1.807, 2.05) is 32.0 Å². The van der Waals surface area contributed by atoms with E-state index in [-0.39, 0.29) is 0 Å². The predicted octanol–water partition coefficient (Wildman–Crippen LogP) is 3.11. The number of methoxy groups -OCH3 is 1. The second-order valence-corrected chi connectivity index (χ2v) is 7.21. The van der Waals surface area contributed by atoms with Crippen LogP contribution in [0, 0.1) is 25.2 Å². The average Bonchev–Trinajstić information content (AvgIpc) is 3.07. The lowest BCUT2D eigenvalue weighted by atomic mass is 9.93. The summed E-state index contributed by atoms with van der Waals surface area (Å²) in [7, 11) is 5.92. The van der Waals surface area contributed by atoms with Gasteiger partial charge in [0.2, 0.25) is 0 Å². The molecule has 0 amide bonds. The standard InChI is InChI=1S/C21H26N4O/c1-14-10-15(2)23-21(18(14)11-22)25-12-19(20(13-25)24(3)4)16-6-8-17(26-5)9-7-16/h6-10,19-20H,12-13H2,1-5H3/t19-,20+/m0/s1. The Kier molecular flexibility index (Phi) is 5.15. The topological polar surface area (TPSA) is 52.4 Å². The highest BCUT2D eigenvalue weighted by Gasteiger charge is 2.36. The van der Waals surface area contributed by atoms with Crippen molar-refractivity contribution in [1.82, 2.24) is 9.88 Å². The van der Waals surface area contributed by atoms with Gasteiger partial charge in [0.15, 0.2) is 0 Å². The molecule has 0 N–H and O–H groups in total. The van der Waals surface area contributed by atoms with Crippen molar-refractivity contribution < 1.29 is 4.74 Å². The van der Waals surface area contributed by atoms with E-state index in [0.717, 1.165) is 35.9 Å². The molecule has 0 bridgehead atoms. The number of ether oxygens (including phenoxy) is 1. The van der Waals surface area contributed by atoms with Gasteiger partial charge in [-0.1, -0.05) is 12.1 Å². The van der Waals surface area contributed by atoms with Crippen molar-refractivity contribution in [3.63, 3.8) is 0 Å². The van der Waals surface area contributed by atoms with E-state index in [0.29, 0.717) is 17.5 Å². The Morgan fingerprint density at radius 1 is 1.19 bits per heavy atom. The molecule has 1 saturated heterocycles. The summed E-state index contributed by atoms with van der Waals surface area (Å²) in [5.41, 5.74) is 3.91. The molecule has 0 spiro atoms. The number of pyridine rings is 1. The van der Waals surface area contributed by atoms with Crippen LogP contribution in [-0.2, 0) is 0 Å². The molecular formula is C21H26N4O. The number of anilines is 1. The molecule has 0 radical (unpaired) electrons. The van der Waals surface area contributed by atoms with Gasteiger partial charge in [0.25, 0.3) is 0 Å². The quantitative estimate of drug-likeness (QED) is 0.848. The summed E-state index contributed by atoms with van der Waals surface area (Å²) in [6.45, 7) is 5.67. The van der Waals surface area contributed by atoms with Gasteiger partial charge in [-0.2, -0.15) is 5.26 Å². The Bertz CT molecular complexity index is 823. The van der Waals surface area contributed by atoms with Crippen molar-refractivity contribution in [1.29, 1.82) is 5.26 Å². The molecule has 1 aliphatic heterocycles. The summed E-state index contributed by atoms with van der Waals surface area (Å²) in [5.74, 6) is 2.03. The minimum absolute atomic E-state index is 0.352.